The van der Waals surface area contributed by atoms with Gasteiger partial charge in [0.25, 0.3) is 5.91 Å². The molecule has 1 aromatic heterocycles. The van der Waals surface area contributed by atoms with Crippen molar-refractivity contribution < 1.29 is 14.3 Å². The van der Waals surface area contributed by atoms with E-state index in [2.05, 4.69) is 12.0 Å². The lowest BCUT2D eigenvalue weighted by atomic mass is 9.97. The van der Waals surface area contributed by atoms with Gasteiger partial charge in [0, 0.05) is 26.7 Å². The van der Waals surface area contributed by atoms with Crippen LogP contribution in [0.15, 0.2) is 30.5 Å². The first kappa shape index (κ1) is 23.8. The van der Waals surface area contributed by atoms with Gasteiger partial charge >= 0.3 is 6.09 Å². The average molecular weight is 441 g/mol. The number of ether oxygens (including phenoxy) is 1. The van der Waals surface area contributed by atoms with Gasteiger partial charge in [-0.15, -0.1) is 0 Å². The summed E-state index contributed by atoms with van der Waals surface area (Å²) in [6.07, 6.45) is 3.99. The van der Waals surface area contributed by atoms with Gasteiger partial charge in [0.15, 0.2) is 0 Å². The number of amides is 2. The SMILES string of the molecule is CCc1c(C(=O)N2CCCC(CN(C)C(=O)OC(C)(C)C)C2)cnn1-c1ccc(C)cc1. The number of hydrogen-bond acceptors (Lipinski definition) is 4. The van der Waals surface area contributed by atoms with Crippen LogP contribution >= 0.6 is 0 Å². The molecule has 7 nitrogen and oxygen atoms in total. The lowest BCUT2D eigenvalue weighted by Gasteiger charge is -2.35. The first-order chi connectivity index (χ1) is 15.1. The monoisotopic (exact) mass is 440 g/mol. The van der Waals surface area contributed by atoms with Gasteiger partial charge in [0.1, 0.15) is 5.60 Å². The molecule has 0 bridgehead atoms. The molecule has 1 unspecified atom stereocenters. The van der Waals surface area contributed by atoms with Crippen molar-refractivity contribution >= 4 is 12.0 Å². The van der Waals surface area contributed by atoms with Crippen LogP contribution in [0.4, 0.5) is 4.79 Å². The Bertz CT molecular complexity index is 943. The summed E-state index contributed by atoms with van der Waals surface area (Å²) in [5.41, 5.74) is 3.21. The highest BCUT2D eigenvalue weighted by Crippen LogP contribution is 2.23. The Hall–Kier alpha value is -2.83. The van der Waals surface area contributed by atoms with Crippen LogP contribution in [0.5, 0.6) is 0 Å². The predicted octanol–water partition coefficient (Wildman–Crippen LogP) is 4.46. The fourth-order valence-electron chi connectivity index (χ4n) is 4.17. The molecule has 1 aromatic carbocycles. The zero-order chi connectivity index (χ0) is 23.5. The van der Waals surface area contributed by atoms with E-state index in [1.807, 2.05) is 61.5 Å². The Morgan fingerprint density at radius 3 is 2.53 bits per heavy atom. The molecule has 2 heterocycles. The number of likely N-dealkylation sites (tertiary alicyclic amines) is 1. The molecule has 0 aliphatic carbocycles. The van der Waals surface area contributed by atoms with E-state index in [-0.39, 0.29) is 17.9 Å². The Labute approximate surface area is 191 Å². The molecule has 2 amide bonds. The third kappa shape index (κ3) is 5.69. The molecule has 2 aromatic rings. The Balaban J connectivity index is 1.70. The maximum Gasteiger partial charge on any atom is 0.410 e. The molecule has 1 fully saturated rings. The molecule has 3 rings (SSSR count). The molecule has 1 saturated heterocycles. The average Bonchev–Trinajstić information content (AvgIpc) is 3.16. The summed E-state index contributed by atoms with van der Waals surface area (Å²) in [4.78, 5) is 29.3. The third-order valence-corrected chi connectivity index (χ3v) is 5.76. The second-order valence-corrected chi connectivity index (χ2v) is 9.73. The third-order valence-electron chi connectivity index (χ3n) is 5.76. The number of benzene rings is 1. The molecular formula is C25H36N4O3. The zero-order valence-electron chi connectivity index (χ0n) is 20.2. The number of carbonyl (C=O) groups excluding carboxylic acids is 2. The quantitative estimate of drug-likeness (QED) is 0.688. The number of nitrogens with zero attached hydrogens (tertiary/aromatic N) is 4. The normalized spacial score (nSPS) is 16.7. The minimum absolute atomic E-state index is 0.0184. The van der Waals surface area contributed by atoms with Crippen molar-refractivity contribution in [3.8, 4) is 5.69 Å². The van der Waals surface area contributed by atoms with Gasteiger partial charge in [-0.25, -0.2) is 9.48 Å². The van der Waals surface area contributed by atoms with Crippen molar-refractivity contribution in [3.05, 3.63) is 47.3 Å². The number of hydrogen-bond donors (Lipinski definition) is 0. The van der Waals surface area contributed by atoms with E-state index in [9.17, 15) is 9.59 Å². The molecule has 0 N–H and O–H groups in total. The molecular weight excluding hydrogens is 404 g/mol. The summed E-state index contributed by atoms with van der Waals surface area (Å²) in [6.45, 7) is 11.6. The van der Waals surface area contributed by atoms with Crippen molar-refractivity contribution in [1.29, 1.82) is 0 Å². The van der Waals surface area contributed by atoms with Gasteiger partial charge < -0.3 is 14.5 Å². The van der Waals surface area contributed by atoms with Crippen LogP contribution in [-0.4, -0.2) is 63.9 Å². The van der Waals surface area contributed by atoms with Crippen molar-refractivity contribution in [1.82, 2.24) is 19.6 Å². The maximum atomic E-state index is 13.4. The van der Waals surface area contributed by atoms with E-state index < -0.39 is 5.60 Å². The molecule has 32 heavy (non-hydrogen) atoms. The van der Waals surface area contributed by atoms with E-state index in [0.717, 1.165) is 30.8 Å². The molecule has 174 valence electrons. The molecule has 1 aliphatic rings. The van der Waals surface area contributed by atoms with E-state index in [0.29, 0.717) is 25.1 Å². The topological polar surface area (TPSA) is 67.7 Å². The fraction of sp³-hybridized carbons (Fsp3) is 0.560. The Morgan fingerprint density at radius 1 is 1.22 bits per heavy atom. The maximum absolute atomic E-state index is 13.4. The van der Waals surface area contributed by atoms with Gasteiger partial charge in [0.2, 0.25) is 0 Å². The Kier molecular flexibility index (Phi) is 7.26. The van der Waals surface area contributed by atoms with Crippen molar-refractivity contribution in [2.45, 2.75) is 59.5 Å². The number of piperidine rings is 1. The predicted molar refractivity (Wildman–Crippen MR) is 125 cm³/mol. The second-order valence-electron chi connectivity index (χ2n) is 9.73. The largest absolute Gasteiger partial charge is 0.444 e. The number of aromatic nitrogens is 2. The molecule has 1 atom stereocenters. The van der Waals surface area contributed by atoms with Gasteiger partial charge in [-0.2, -0.15) is 5.10 Å². The highest BCUT2D eigenvalue weighted by atomic mass is 16.6. The van der Waals surface area contributed by atoms with Crippen molar-refractivity contribution in [2.24, 2.45) is 5.92 Å². The van der Waals surface area contributed by atoms with Crippen molar-refractivity contribution in [3.63, 3.8) is 0 Å². The number of rotatable bonds is 5. The van der Waals surface area contributed by atoms with Crippen LogP contribution < -0.4 is 0 Å². The Morgan fingerprint density at radius 2 is 1.91 bits per heavy atom. The zero-order valence-corrected chi connectivity index (χ0v) is 20.2. The minimum Gasteiger partial charge on any atom is -0.444 e. The van der Waals surface area contributed by atoms with Gasteiger partial charge in [0.05, 0.1) is 23.1 Å². The van der Waals surface area contributed by atoms with Crippen LogP contribution in [0.1, 0.15) is 62.2 Å². The lowest BCUT2D eigenvalue weighted by molar-refractivity contribution is 0.0244. The summed E-state index contributed by atoms with van der Waals surface area (Å²) >= 11 is 0. The van der Waals surface area contributed by atoms with Crippen LogP contribution in [0.25, 0.3) is 5.69 Å². The van der Waals surface area contributed by atoms with Gasteiger partial charge in [-0.1, -0.05) is 24.6 Å². The van der Waals surface area contributed by atoms with Crippen LogP contribution in [0.2, 0.25) is 0 Å². The highest BCUT2D eigenvalue weighted by molar-refractivity contribution is 5.95. The molecule has 7 heteroatoms. The second kappa shape index (κ2) is 9.76. The molecule has 0 saturated carbocycles. The molecule has 0 spiro atoms. The van der Waals surface area contributed by atoms with Crippen molar-refractivity contribution in [2.75, 3.05) is 26.7 Å². The summed E-state index contributed by atoms with van der Waals surface area (Å²) in [6, 6.07) is 8.15. The smallest absolute Gasteiger partial charge is 0.410 e. The van der Waals surface area contributed by atoms with E-state index >= 15 is 0 Å². The van der Waals surface area contributed by atoms with E-state index in [1.54, 1.807) is 18.1 Å². The fourth-order valence-corrected chi connectivity index (χ4v) is 4.17. The van der Waals surface area contributed by atoms with E-state index in [4.69, 9.17) is 4.74 Å². The molecule has 0 radical (unpaired) electrons. The first-order valence-electron chi connectivity index (χ1n) is 11.5. The highest BCUT2D eigenvalue weighted by Gasteiger charge is 2.29. The summed E-state index contributed by atoms with van der Waals surface area (Å²) in [5, 5.41) is 4.53. The summed E-state index contributed by atoms with van der Waals surface area (Å²) in [7, 11) is 1.76. The lowest BCUT2D eigenvalue weighted by Crippen LogP contribution is -2.45. The van der Waals surface area contributed by atoms with Crippen LogP contribution in [-0.2, 0) is 11.2 Å². The van der Waals surface area contributed by atoms with Crippen LogP contribution in [0.3, 0.4) is 0 Å². The first-order valence-corrected chi connectivity index (χ1v) is 11.5. The van der Waals surface area contributed by atoms with Gasteiger partial charge in [-0.3, -0.25) is 4.79 Å². The number of aryl methyl sites for hydroxylation is 1. The van der Waals surface area contributed by atoms with Crippen LogP contribution in [0, 0.1) is 12.8 Å². The van der Waals surface area contributed by atoms with E-state index in [1.165, 1.54) is 5.56 Å². The number of carbonyl (C=O) groups is 2. The molecule has 1 aliphatic heterocycles. The van der Waals surface area contributed by atoms with Gasteiger partial charge in [-0.05, 0) is 65.0 Å². The standard InChI is InChI=1S/C25H36N4O3/c1-7-22-21(15-26-29(22)20-12-10-18(2)11-13-20)23(30)28-14-8-9-19(17-28)16-27(6)24(31)32-25(3,4)5/h10-13,15,19H,7-9,14,16-17H2,1-6H3. The minimum atomic E-state index is -0.520. The summed E-state index contributed by atoms with van der Waals surface area (Å²) in [5.74, 6) is 0.243. The summed E-state index contributed by atoms with van der Waals surface area (Å²) < 4.78 is 7.33.